The minimum Gasteiger partial charge on any atom is -0.481 e. The van der Waals surface area contributed by atoms with Gasteiger partial charge in [-0.2, -0.15) is 0 Å². The third-order valence-corrected chi connectivity index (χ3v) is 4.73. The fraction of sp³-hybridized carbons (Fsp3) is 0.700. The van der Waals surface area contributed by atoms with E-state index in [1.165, 1.54) is 0 Å². The average molecular weight is 368 g/mol. The molecular formula is C20H32O6. The summed E-state index contributed by atoms with van der Waals surface area (Å²) in [5.41, 5.74) is 0. The molecule has 0 unspecified atom stereocenters. The topological polar surface area (TPSA) is 115 Å². The lowest BCUT2D eigenvalue weighted by Gasteiger charge is -2.16. The molecule has 1 aliphatic rings. The highest BCUT2D eigenvalue weighted by Gasteiger charge is 2.39. The molecule has 0 amide bonds. The van der Waals surface area contributed by atoms with Crippen LogP contribution in [0.15, 0.2) is 24.3 Å². The molecule has 0 aromatic rings. The van der Waals surface area contributed by atoms with Gasteiger partial charge in [0.2, 0.25) is 0 Å². The van der Waals surface area contributed by atoms with Gasteiger partial charge < -0.3 is 20.4 Å². The zero-order valence-corrected chi connectivity index (χ0v) is 15.5. The Bertz CT molecular complexity index is 497. The molecule has 5 atom stereocenters. The second kappa shape index (κ2) is 12.0. The number of rotatable bonds is 12. The number of hydrogen-bond donors (Lipinski definition) is 4. The minimum atomic E-state index is -0.815. The molecule has 0 aliphatic heterocycles. The van der Waals surface area contributed by atoms with Crippen LogP contribution in [0.4, 0.5) is 0 Å². The van der Waals surface area contributed by atoms with Crippen molar-refractivity contribution < 1.29 is 30.0 Å². The van der Waals surface area contributed by atoms with Gasteiger partial charge in [-0.15, -0.1) is 0 Å². The lowest BCUT2D eigenvalue weighted by atomic mass is 9.90. The van der Waals surface area contributed by atoms with Crippen molar-refractivity contribution in [2.75, 3.05) is 0 Å². The predicted molar refractivity (Wildman–Crippen MR) is 98.5 cm³/mol. The molecule has 1 fully saturated rings. The van der Waals surface area contributed by atoms with E-state index in [2.05, 4.69) is 0 Å². The van der Waals surface area contributed by atoms with E-state index in [1.807, 2.05) is 12.2 Å². The average Bonchev–Trinajstić information content (AvgIpc) is 2.81. The highest BCUT2D eigenvalue weighted by molar-refractivity contribution is 5.84. The van der Waals surface area contributed by atoms with Crippen LogP contribution in [-0.4, -0.2) is 50.5 Å². The van der Waals surface area contributed by atoms with Gasteiger partial charge in [-0.1, -0.05) is 24.3 Å². The molecule has 148 valence electrons. The Hall–Kier alpha value is -1.50. The van der Waals surface area contributed by atoms with E-state index in [0.717, 1.165) is 0 Å². The van der Waals surface area contributed by atoms with Crippen molar-refractivity contribution in [1.82, 2.24) is 0 Å². The third-order valence-electron chi connectivity index (χ3n) is 4.73. The molecule has 0 spiro atoms. The van der Waals surface area contributed by atoms with E-state index < -0.39 is 18.2 Å². The first kappa shape index (κ1) is 22.5. The van der Waals surface area contributed by atoms with E-state index in [4.69, 9.17) is 5.11 Å². The molecule has 0 saturated heterocycles. The van der Waals surface area contributed by atoms with Crippen LogP contribution in [0.25, 0.3) is 0 Å². The maximum absolute atomic E-state index is 12.1. The lowest BCUT2D eigenvalue weighted by molar-refractivity contribution is -0.137. The summed E-state index contributed by atoms with van der Waals surface area (Å²) in [5.74, 6) is -1.41. The second-order valence-electron chi connectivity index (χ2n) is 7.15. The highest BCUT2D eigenvalue weighted by Crippen LogP contribution is 2.33. The van der Waals surface area contributed by atoms with Gasteiger partial charge in [-0.3, -0.25) is 9.59 Å². The van der Waals surface area contributed by atoms with Crippen molar-refractivity contribution in [3.05, 3.63) is 24.3 Å². The first-order valence-corrected chi connectivity index (χ1v) is 9.43. The van der Waals surface area contributed by atoms with Gasteiger partial charge >= 0.3 is 5.97 Å². The maximum atomic E-state index is 12.1. The Morgan fingerprint density at radius 1 is 1.23 bits per heavy atom. The molecular weight excluding hydrogens is 336 g/mol. The van der Waals surface area contributed by atoms with Crippen LogP contribution < -0.4 is 0 Å². The molecule has 1 saturated carbocycles. The van der Waals surface area contributed by atoms with Crippen LogP contribution in [-0.2, 0) is 9.59 Å². The molecule has 6 heteroatoms. The summed E-state index contributed by atoms with van der Waals surface area (Å²) in [6, 6.07) is 0. The number of carbonyl (C=O) groups is 2. The monoisotopic (exact) mass is 368 g/mol. The van der Waals surface area contributed by atoms with Gasteiger partial charge in [-0.25, -0.2) is 0 Å². The van der Waals surface area contributed by atoms with Crippen LogP contribution in [0.3, 0.4) is 0 Å². The summed E-state index contributed by atoms with van der Waals surface area (Å²) in [5, 5.41) is 37.9. The molecule has 0 bridgehead atoms. The molecule has 0 heterocycles. The van der Waals surface area contributed by atoms with Crippen molar-refractivity contribution >= 4 is 11.8 Å². The molecule has 6 nitrogen and oxygen atoms in total. The van der Waals surface area contributed by atoms with Gasteiger partial charge in [0.15, 0.2) is 0 Å². The van der Waals surface area contributed by atoms with E-state index in [1.54, 1.807) is 19.1 Å². The molecule has 0 radical (unpaired) electrons. The Balaban J connectivity index is 2.47. The molecule has 4 N–H and O–H groups in total. The summed E-state index contributed by atoms with van der Waals surface area (Å²) < 4.78 is 0. The number of carboxylic acid groups (broad SMARTS) is 1. The SMILES string of the molecule is C[C@@H](O)CCC[C@H](O)/C=C/[C@H]1[C@@H](O)CC(=O)[C@@H]1C/C=C\CCCC(=O)O. The summed E-state index contributed by atoms with van der Waals surface area (Å²) in [6.07, 6.45) is 9.23. The van der Waals surface area contributed by atoms with E-state index in [0.29, 0.717) is 38.5 Å². The number of aliphatic hydroxyl groups excluding tert-OH is 3. The van der Waals surface area contributed by atoms with Crippen molar-refractivity contribution in [1.29, 1.82) is 0 Å². The number of hydrogen-bond acceptors (Lipinski definition) is 5. The Morgan fingerprint density at radius 3 is 2.62 bits per heavy atom. The Labute approximate surface area is 155 Å². The first-order valence-electron chi connectivity index (χ1n) is 9.43. The number of unbranched alkanes of at least 4 members (excludes halogenated alkanes) is 1. The normalized spacial score (nSPS) is 26.0. The minimum absolute atomic E-state index is 0.0194. The number of aliphatic hydroxyl groups is 3. The molecule has 1 aliphatic carbocycles. The number of carboxylic acids is 1. The van der Waals surface area contributed by atoms with Gasteiger partial charge in [0, 0.05) is 24.7 Å². The van der Waals surface area contributed by atoms with Crippen LogP contribution in [0.5, 0.6) is 0 Å². The van der Waals surface area contributed by atoms with Gasteiger partial charge in [0.25, 0.3) is 0 Å². The number of carbonyl (C=O) groups excluding carboxylic acids is 1. The quantitative estimate of drug-likeness (QED) is 0.310. The lowest BCUT2D eigenvalue weighted by Crippen LogP contribution is -2.18. The first-order chi connectivity index (χ1) is 12.3. The van der Waals surface area contributed by atoms with Crippen molar-refractivity contribution in [3.63, 3.8) is 0 Å². The van der Waals surface area contributed by atoms with Crippen molar-refractivity contribution in [2.24, 2.45) is 11.8 Å². The maximum Gasteiger partial charge on any atom is 0.303 e. The highest BCUT2D eigenvalue weighted by atomic mass is 16.4. The number of allylic oxidation sites excluding steroid dienone is 2. The van der Waals surface area contributed by atoms with Gasteiger partial charge in [0.05, 0.1) is 18.3 Å². The predicted octanol–water partition coefficient (Wildman–Crippen LogP) is 2.22. The summed E-state index contributed by atoms with van der Waals surface area (Å²) in [7, 11) is 0. The molecule has 0 aromatic heterocycles. The molecule has 0 aromatic carbocycles. The summed E-state index contributed by atoms with van der Waals surface area (Å²) >= 11 is 0. The smallest absolute Gasteiger partial charge is 0.303 e. The summed E-state index contributed by atoms with van der Waals surface area (Å²) in [4.78, 5) is 22.6. The fourth-order valence-electron chi connectivity index (χ4n) is 3.23. The van der Waals surface area contributed by atoms with Crippen LogP contribution >= 0.6 is 0 Å². The van der Waals surface area contributed by atoms with E-state index >= 15 is 0 Å². The number of aliphatic carboxylic acids is 1. The van der Waals surface area contributed by atoms with Crippen LogP contribution in [0, 0.1) is 11.8 Å². The van der Waals surface area contributed by atoms with E-state index in [-0.39, 0.29) is 36.6 Å². The molecule has 1 rings (SSSR count). The van der Waals surface area contributed by atoms with Crippen molar-refractivity contribution in [3.8, 4) is 0 Å². The number of Topliss-reactive ketones (excluding diaryl/α,β-unsaturated/α-hetero) is 1. The van der Waals surface area contributed by atoms with Gasteiger partial charge in [-0.05, 0) is 45.4 Å². The largest absolute Gasteiger partial charge is 0.481 e. The summed E-state index contributed by atoms with van der Waals surface area (Å²) in [6.45, 7) is 1.71. The standard InChI is InChI=1S/C20H32O6/c1-14(21)7-6-8-15(22)11-12-17-16(18(23)13-19(17)24)9-4-2-3-5-10-20(25)26/h2,4,11-12,14-17,19,21-22,24H,3,5-10,13H2,1H3,(H,25,26)/b4-2-,12-11+/t14-,15+,16-,17-,19+/m1/s1. The zero-order valence-electron chi connectivity index (χ0n) is 15.5. The Morgan fingerprint density at radius 2 is 1.96 bits per heavy atom. The molecule has 26 heavy (non-hydrogen) atoms. The Kier molecular flexibility index (Phi) is 10.4. The van der Waals surface area contributed by atoms with Crippen molar-refractivity contribution in [2.45, 2.75) is 76.6 Å². The van der Waals surface area contributed by atoms with Gasteiger partial charge in [0.1, 0.15) is 5.78 Å². The number of ketones is 1. The van der Waals surface area contributed by atoms with Crippen LogP contribution in [0.1, 0.15) is 58.3 Å². The zero-order chi connectivity index (χ0) is 19.5. The van der Waals surface area contributed by atoms with Crippen LogP contribution in [0.2, 0.25) is 0 Å². The fourth-order valence-corrected chi connectivity index (χ4v) is 3.23. The van der Waals surface area contributed by atoms with E-state index in [9.17, 15) is 24.9 Å². The third kappa shape index (κ3) is 8.74. The second-order valence-corrected chi connectivity index (χ2v) is 7.15.